The highest BCUT2D eigenvalue weighted by molar-refractivity contribution is 5.85. The minimum absolute atomic E-state index is 0.0794. The van der Waals surface area contributed by atoms with Gasteiger partial charge in [-0.15, -0.1) is 0 Å². The molecule has 0 unspecified atom stereocenters. The van der Waals surface area contributed by atoms with Crippen molar-refractivity contribution in [3.63, 3.8) is 0 Å². The fourth-order valence-corrected chi connectivity index (χ4v) is 2.09. The molecule has 3 rings (SSSR count). The maximum absolute atomic E-state index is 11.0. The maximum Gasteiger partial charge on any atom is 0.317 e. The Hall–Kier alpha value is -2.43. The van der Waals surface area contributed by atoms with Gasteiger partial charge in [0.15, 0.2) is 0 Å². The van der Waals surface area contributed by atoms with Gasteiger partial charge in [0, 0.05) is 5.39 Å². The number of para-hydroxylation sites is 1. The van der Waals surface area contributed by atoms with E-state index in [1.807, 2.05) is 30.3 Å². The van der Waals surface area contributed by atoms with Crippen molar-refractivity contribution in [3.05, 3.63) is 52.2 Å². The van der Waals surface area contributed by atoms with Crippen LogP contribution in [0.2, 0.25) is 0 Å². The van der Waals surface area contributed by atoms with Crippen LogP contribution in [0.25, 0.3) is 16.4 Å². The van der Waals surface area contributed by atoms with E-state index in [9.17, 15) is 10.1 Å². The van der Waals surface area contributed by atoms with E-state index < -0.39 is 0 Å². The van der Waals surface area contributed by atoms with Crippen LogP contribution in [0, 0.1) is 17.0 Å². The normalized spacial score (nSPS) is 11.1. The lowest BCUT2D eigenvalue weighted by Crippen LogP contribution is -1.90. The van der Waals surface area contributed by atoms with Gasteiger partial charge in [-0.3, -0.25) is 10.1 Å². The van der Waals surface area contributed by atoms with Gasteiger partial charge >= 0.3 is 5.69 Å². The molecule has 0 aliphatic carbocycles. The molecule has 2 aromatic heterocycles. The molecule has 0 N–H and O–H groups in total. The minimum atomic E-state index is -0.383. The Morgan fingerprint density at radius 1 is 1.18 bits per heavy atom. The second-order valence-electron chi connectivity index (χ2n) is 3.88. The van der Waals surface area contributed by atoms with Gasteiger partial charge in [-0.25, -0.2) is 4.52 Å². The number of rotatable bonds is 1. The summed E-state index contributed by atoms with van der Waals surface area (Å²) < 4.78 is 1.63. The first kappa shape index (κ1) is 9.77. The molecule has 2 heterocycles. The SMILES string of the molecule is Cc1nn2c(ccc3ccccc32)c1[N+](=O)[O-]. The van der Waals surface area contributed by atoms with Crippen molar-refractivity contribution < 1.29 is 4.92 Å². The van der Waals surface area contributed by atoms with Crippen LogP contribution in [-0.2, 0) is 0 Å². The van der Waals surface area contributed by atoms with E-state index in [2.05, 4.69) is 5.10 Å². The van der Waals surface area contributed by atoms with E-state index in [0.29, 0.717) is 11.2 Å². The highest BCUT2D eigenvalue weighted by Gasteiger charge is 2.20. The van der Waals surface area contributed by atoms with Gasteiger partial charge in [0.2, 0.25) is 0 Å². The molecule has 0 radical (unpaired) electrons. The van der Waals surface area contributed by atoms with Gasteiger partial charge in [-0.05, 0) is 19.1 Å². The van der Waals surface area contributed by atoms with Crippen molar-refractivity contribution in [2.45, 2.75) is 6.92 Å². The van der Waals surface area contributed by atoms with E-state index in [0.717, 1.165) is 10.9 Å². The van der Waals surface area contributed by atoms with Crippen LogP contribution in [0.3, 0.4) is 0 Å². The van der Waals surface area contributed by atoms with E-state index in [4.69, 9.17) is 0 Å². The lowest BCUT2D eigenvalue weighted by Gasteiger charge is -1.99. The Balaban J connectivity index is 2.53. The third kappa shape index (κ3) is 1.29. The van der Waals surface area contributed by atoms with Crippen LogP contribution < -0.4 is 0 Å². The van der Waals surface area contributed by atoms with Gasteiger partial charge in [-0.1, -0.05) is 24.3 Å². The van der Waals surface area contributed by atoms with Crippen molar-refractivity contribution in [2.75, 3.05) is 0 Å². The molecular formula is C12H9N3O2. The number of fused-ring (bicyclic) bond motifs is 3. The smallest absolute Gasteiger partial charge is 0.258 e. The number of hydrogen-bond donors (Lipinski definition) is 0. The summed E-state index contributed by atoms with van der Waals surface area (Å²) in [5.41, 5.74) is 1.93. The molecule has 0 saturated heterocycles. The summed E-state index contributed by atoms with van der Waals surface area (Å²) in [5.74, 6) is 0. The number of pyridine rings is 1. The first-order valence-corrected chi connectivity index (χ1v) is 5.20. The molecule has 3 aromatic rings. The zero-order chi connectivity index (χ0) is 12.0. The van der Waals surface area contributed by atoms with Crippen molar-refractivity contribution in [1.82, 2.24) is 9.61 Å². The van der Waals surface area contributed by atoms with Crippen molar-refractivity contribution >= 4 is 22.1 Å². The first-order valence-electron chi connectivity index (χ1n) is 5.20. The molecule has 0 bridgehead atoms. The molecule has 0 aliphatic rings. The van der Waals surface area contributed by atoms with Crippen LogP contribution in [-0.4, -0.2) is 14.5 Å². The minimum Gasteiger partial charge on any atom is -0.258 e. The van der Waals surface area contributed by atoms with Crippen LogP contribution in [0.15, 0.2) is 36.4 Å². The third-order valence-electron chi connectivity index (χ3n) is 2.83. The zero-order valence-electron chi connectivity index (χ0n) is 9.12. The molecule has 1 aromatic carbocycles. The number of nitrogens with zero attached hydrogens (tertiary/aromatic N) is 3. The van der Waals surface area contributed by atoms with Crippen molar-refractivity contribution in [1.29, 1.82) is 0 Å². The standard InChI is InChI=1S/C12H9N3O2/c1-8-12(15(16)17)11-7-6-9-4-2-3-5-10(9)14(11)13-8/h2-7H,1H3. The third-order valence-corrected chi connectivity index (χ3v) is 2.83. The van der Waals surface area contributed by atoms with E-state index in [1.165, 1.54) is 0 Å². The van der Waals surface area contributed by atoms with Crippen LogP contribution in [0.4, 0.5) is 5.69 Å². The fourth-order valence-electron chi connectivity index (χ4n) is 2.09. The van der Waals surface area contributed by atoms with Gasteiger partial charge in [0.25, 0.3) is 0 Å². The monoisotopic (exact) mass is 227 g/mol. The Morgan fingerprint density at radius 2 is 1.94 bits per heavy atom. The van der Waals surface area contributed by atoms with Gasteiger partial charge in [0.1, 0.15) is 11.2 Å². The summed E-state index contributed by atoms with van der Waals surface area (Å²) in [6.45, 7) is 1.65. The lowest BCUT2D eigenvalue weighted by atomic mass is 10.2. The van der Waals surface area contributed by atoms with Gasteiger partial charge in [-0.2, -0.15) is 5.10 Å². The number of hydrogen-bond acceptors (Lipinski definition) is 3. The Kier molecular flexibility index (Phi) is 1.89. The molecule has 0 atom stereocenters. The quantitative estimate of drug-likeness (QED) is 0.474. The summed E-state index contributed by atoms with van der Waals surface area (Å²) in [4.78, 5) is 10.6. The largest absolute Gasteiger partial charge is 0.317 e. The fraction of sp³-hybridized carbons (Fsp3) is 0.0833. The molecule has 0 fully saturated rings. The van der Waals surface area contributed by atoms with Gasteiger partial charge < -0.3 is 0 Å². The van der Waals surface area contributed by atoms with Crippen LogP contribution in [0.1, 0.15) is 5.69 Å². The summed E-state index contributed by atoms with van der Waals surface area (Å²) in [6.07, 6.45) is 0. The van der Waals surface area contributed by atoms with Crippen molar-refractivity contribution in [3.8, 4) is 0 Å². The summed E-state index contributed by atoms with van der Waals surface area (Å²) in [6, 6.07) is 11.3. The molecular weight excluding hydrogens is 218 g/mol. The Labute approximate surface area is 96.4 Å². The predicted octanol–water partition coefficient (Wildman–Crippen LogP) is 2.70. The Bertz CT molecular complexity index is 746. The van der Waals surface area contributed by atoms with Crippen LogP contribution >= 0.6 is 0 Å². The molecule has 0 amide bonds. The molecule has 0 spiro atoms. The predicted molar refractivity (Wildman–Crippen MR) is 64.1 cm³/mol. The first-order chi connectivity index (χ1) is 8.18. The van der Waals surface area contributed by atoms with E-state index in [1.54, 1.807) is 17.5 Å². The average molecular weight is 227 g/mol. The molecule has 0 saturated carbocycles. The van der Waals surface area contributed by atoms with Crippen molar-refractivity contribution in [2.24, 2.45) is 0 Å². The molecule has 17 heavy (non-hydrogen) atoms. The molecule has 5 nitrogen and oxygen atoms in total. The van der Waals surface area contributed by atoms with E-state index >= 15 is 0 Å². The Morgan fingerprint density at radius 3 is 2.71 bits per heavy atom. The van der Waals surface area contributed by atoms with Crippen LogP contribution in [0.5, 0.6) is 0 Å². The lowest BCUT2D eigenvalue weighted by molar-refractivity contribution is -0.383. The molecule has 5 heteroatoms. The highest BCUT2D eigenvalue weighted by atomic mass is 16.6. The molecule has 84 valence electrons. The van der Waals surface area contributed by atoms with Gasteiger partial charge in [0.05, 0.1) is 10.4 Å². The second-order valence-corrected chi connectivity index (χ2v) is 3.88. The average Bonchev–Trinajstić information content (AvgIpc) is 2.65. The van der Waals surface area contributed by atoms with E-state index in [-0.39, 0.29) is 10.6 Å². The summed E-state index contributed by atoms with van der Waals surface area (Å²) in [5, 5.41) is 16.2. The highest BCUT2D eigenvalue weighted by Crippen LogP contribution is 2.27. The summed E-state index contributed by atoms with van der Waals surface area (Å²) >= 11 is 0. The number of aryl methyl sites for hydroxylation is 1. The number of nitro groups is 1. The number of benzene rings is 1. The number of aromatic nitrogens is 2. The summed E-state index contributed by atoms with van der Waals surface area (Å²) in [7, 11) is 0. The molecule has 0 aliphatic heterocycles. The maximum atomic E-state index is 11.0. The zero-order valence-corrected chi connectivity index (χ0v) is 9.12. The topological polar surface area (TPSA) is 60.4 Å². The second kappa shape index (κ2) is 3.28.